The van der Waals surface area contributed by atoms with Crippen molar-refractivity contribution in [1.82, 2.24) is 4.90 Å². The predicted octanol–water partition coefficient (Wildman–Crippen LogP) is 2.60. The SMILES string of the molecule is N[C@@H]1CN(C(=O)CCC(=O)c2ccccc2)C[C@H]1c1ccccc1. The Hall–Kier alpha value is -2.46. The fourth-order valence-electron chi connectivity index (χ4n) is 3.23. The van der Waals surface area contributed by atoms with Gasteiger partial charge >= 0.3 is 0 Å². The number of carbonyl (C=O) groups is 2. The molecule has 2 atom stereocenters. The van der Waals surface area contributed by atoms with Gasteiger partial charge in [0.05, 0.1) is 0 Å². The summed E-state index contributed by atoms with van der Waals surface area (Å²) in [6.45, 7) is 1.18. The number of Topliss-reactive ketones (excluding diaryl/α,β-unsaturated/α-hetero) is 1. The number of likely N-dealkylation sites (tertiary alicyclic amines) is 1. The average molecular weight is 322 g/mol. The summed E-state index contributed by atoms with van der Waals surface area (Å²) in [4.78, 5) is 26.3. The van der Waals surface area contributed by atoms with E-state index in [1.807, 2.05) is 36.4 Å². The first-order valence-electron chi connectivity index (χ1n) is 8.31. The molecule has 0 aromatic heterocycles. The Balaban J connectivity index is 1.56. The van der Waals surface area contributed by atoms with Crippen LogP contribution in [-0.2, 0) is 4.79 Å². The standard InChI is InChI=1S/C20H22N2O2/c21-18-14-22(13-17(18)15-7-3-1-4-8-15)20(24)12-11-19(23)16-9-5-2-6-10-16/h1-10,17-18H,11-14,21H2/t17-,18+/m0/s1. The van der Waals surface area contributed by atoms with Crippen LogP contribution in [0.2, 0.25) is 0 Å². The van der Waals surface area contributed by atoms with Crippen molar-refractivity contribution in [3.63, 3.8) is 0 Å². The van der Waals surface area contributed by atoms with E-state index < -0.39 is 0 Å². The highest BCUT2D eigenvalue weighted by Crippen LogP contribution is 2.26. The van der Waals surface area contributed by atoms with E-state index in [1.165, 1.54) is 5.56 Å². The second-order valence-corrected chi connectivity index (χ2v) is 6.27. The highest BCUT2D eigenvalue weighted by Gasteiger charge is 2.33. The molecule has 4 nitrogen and oxygen atoms in total. The minimum absolute atomic E-state index is 0.00653. The number of nitrogens with zero attached hydrogens (tertiary/aromatic N) is 1. The number of ketones is 1. The lowest BCUT2D eigenvalue weighted by molar-refractivity contribution is -0.130. The molecule has 0 unspecified atom stereocenters. The van der Waals surface area contributed by atoms with E-state index in [2.05, 4.69) is 12.1 Å². The van der Waals surface area contributed by atoms with E-state index in [1.54, 1.807) is 17.0 Å². The molecule has 3 rings (SSSR count). The zero-order valence-corrected chi connectivity index (χ0v) is 13.6. The second-order valence-electron chi connectivity index (χ2n) is 6.27. The zero-order chi connectivity index (χ0) is 16.9. The zero-order valence-electron chi connectivity index (χ0n) is 13.6. The summed E-state index contributed by atoms with van der Waals surface area (Å²) in [6.07, 6.45) is 0.479. The first-order valence-corrected chi connectivity index (χ1v) is 8.31. The van der Waals surface area contributed by atoms with Crippen LogP contribution in [0, 0.1) is 0 Å². The monoisotopic (exact) mass is 322 g/mol. The smallest absolute Gasteiger partial charge is 0.223 e. The Morgan fingerprint density at radius 3 is 2.21 bits per heavy atom. The van der Waals surface area contributed by atoms with Gasteiger partial charge in [0.2, 0.25) is 5.91 Å². The minimum atomic E-state index is -0.0545. The lowest BCUT2D eigenvalue weighted by Crippen LogP contribution is -2.32. The first kappa shape index (κ1) is 16.4. The quantitative estimate of drug-likeness (QED) is 0.861. The molecule has 1 heterocycles. The van der Waals surface area contributed by atoms with Gasteiger partial charge in [-0.2, -0.15) is 0 Å². The fraction of sp³-hybridized carbons (Fsp3) is 0.300. The normalized spacial score (nSPS) is 20.1. The molecule has 1 fully saturated rings. The molecule has 0 saturated carbocycles. The maximum atomic E-state index is 12.4. The summed E-state index contributed by atoms with van der Waals surface area (Å²) in [5.74, 6) is 0.181. The maximum absolute atomic E-state index is 12.4. The van der Waals surface area contributed by atoms with Gasteiger partial charge in [-0.3, -0.25) is 9.59 Å². The van der Waals surface area contributed by atoms with Gasteiger partial charge < -0.3 is 10.6 Å². The van der Waals surface area contributed by atoms with Crippen LogP contribution in [0.1, 0.15) is 34.7 Å². The van der Waals surface area contributed by atoms with Crippen molar-refractivity contribution >= 4 is 11.7 Å². The van der Waals surface area contributed by atoms with Crippen LogP contribution < -0.4 is 5.73 Å². The molecular weight excluding hydrogens is 300 g/mol. The third kappa shape index (κ3) is 3.71. The van der Waals surface area contributed by atoms with Gasteiger partial charge in [-0.25, -0.2) is 0 Å². The number of hydrogen-bond acceptors (Lipinski definition) is 3. The Morgan fingerprint density at radius 2 is 1.54 bits per heavy atom. The van der Waals surface area contributed by atoms with Crippen molar-refractivity contribution in [3.05, 3.63) is 71.8 Å². The van der Waals surface area contributed by atoms with Crippen LogP contribution >= 0.6 is 0 Å². The van der Waals surface area contributed by atoms with Crippen molar-refractivity contribution in [2.75, 3.05) is 13.1 Å². The molecular formula is C20H22N2O2. The third-order valence-electron chi connectivity index (χ3n) is 4.61. The van der Waals surface area contributed by atoms with Gasteiger partial charge in [0.15, 0.2) is 5.78 Å². The first-order chi connectivity index (χ1) is 11.6. The van der Waals surface area contributed by atoms with Crippen LogP contribution in [0.15, 0.2) is 60.7 Å². The van der Waals surface area contributed by atoms with Crippen molar-refractivity contribution in [3.8, 4) is 0 Å². The van der Waals surface area contributed by atoms with Gasteiger partial charge in [0.1, 0.15) is 0 Å². The van der Waals surface area contributed by atoms with Crippen molar-refractivity contribution < 1.29 is 9.59 Å². The summed E-state index contributed by atoms with van der Waals surface area (Å²) < 4.78 is 0. The number of benzene rings is 2. The van der Waals surface area contributed by atoms with Crippen LogP contribution in [0.3, 0.4) is 0 Å². The van der Waals surface area contributed by atoms with Gasteiger partial charge in [-0.15, -0.1) is 0 Å². The van der Waals surface area contributed by atoms with E-state index >= 15 is 0 Å². The molecule has 0 radical (unpaired) electrons. The highest BCUT2D eigenvalue weighted by atomic mass is 16.2. The van der Waals surface area contributed by atoms with E-state index in [-0.39, 0.29) is 36.5 Å². The summed E-state index contributed by atoms with van der Waals surface area (Å²) in [5.41, 5.74) is 8.05. The summed E-state index contributed by atoms with van der Waals surface area (Å²) in [7, 11) is 0. The molecule has 1 amide bonds. The van der Waals surface area contributed by atoms with Crippen molar-refractivity contribution in [2.24, 2.45) is 5.73 Å². The number of carbonyl (C=O) groups excluding carboxylic acids is 2. The van der Waals surface area contributed by atoms with Gasteiger partial charge in [-0.05, 0) is 5.56 Å². The summed E-state index contributed by atoms with van der Waals surface area (Å²) >= 11 is 0. The Kier molecular flexibility index (Phi) is 5.06. The van der Waals surface area contributed by atoms with Gasteiger partial charge in [0.25, 0.3) is 0 Å². The lowest BCUT2D eigenvalue weighted by Gasteiger charge is -2.16. The summed E-state index contributed by atoms with van der Waals surface area (Å²) in [5, 5.41) is 0. The Bertz CT molecular complexity index is 700. The van der Waals surface area contributed by atoms with E-state index in [9.17, 15) is 9.59 Å². The van der Waals surface area contributed by atoms with Crippen LogP contribution in [0.25, 0.3) is 0 Å². The number of amides is 1. The number of rotatable bonds is 5. The van der Waals surface area contributed by atoms with E-state index in [0.29, 0.717) is 18.7 Å². The molecule has 4 heteroatoms. The predicted molar refractivity (Wildman–Crippen MR) is 93.7 cm³/mol. The third-order valence-corrected chi connectivity index (χ3v) is 4.61. The van der Waals surface area contributed by atoms with Crippen LogP contribution in [-0.4, -0.2) is 35.7 Å². The largest absolute Gasteiger partial charge is 0.340 e. The molecule has 24 heavy (non-hydrogen) atoms. The molecule has 124 valence electrons. The number of hydrogen-bond donors (Lipinski definition) is 1. The average Bonchev–Trinajstić information content (AvgIpc) is 3.02. The topological polar surface area (TPSA) is 63.4 Å². The molecule has 1 aliphatic rings. The highest BCUT2D eigenvalue weighted by molar-refractivity contribution is 5.97. The van der Waals surface area contributed by atoms with Crippen molar-refractivity contribution in [1.29, 1.82) is 0 Å². The number of nitrogens with two attached hydrogens (primary N) is 1. The maximum Gasteiger partial charge on any atom is 0.223 e. The van der Waals surface area contributed by atoms with E-state index in [4.69, 9.17) is 5.73 Å². The minimum Gasteiger partial charge on any atom is -0.340 e. The molecule has 0 aliphatic carbocycles. The van der Waals surface area contributed by atoms with Crippen molar-refractivity contribution in [2.45, 2.75) is 24.8 Å². The lowest BCUT2D eigenvalue weighted by atomic mass is 9.95. The Morgan fingerprint density at radius 1 is 0.917 bits per heavy atom. The fourth-order valence-corrected chi connectivity index (χ4v) is 3.23. The second kappa shape index (κ2) is 7.41. The molecule has 0 spiro atoms. The Labute approximate surface area is 142 Å². The molecule has 1 aliphatic heterocycles. The molecule has 2 aromatic rings. The molecule has 1 saturated heterocycles. The van der Waals surface area contributed by atoms with Gasteiger partial charge in [-0.1, -0.05) is 60.7 Å². The van der Waals surface area contributed by atoms with Crippen LogP contribution in [0.4, 0.5) is 0 Å². The van der Waals surface area contributed by atoms with Gasteiger partial charge in [0, 0.05) is 43.5 Å². The molecule has 0 bridgehead atoms. The molecule has 2 N–H and O–H groups in total. The molecule has 2 aromatic carbocycles. The van der Waals surface area contributed by atoms with Crippen LogP contribution in [0.5, 0.6) is 0 Å². The van der Waals surface area contributed by atoms with E-state index in [0.717, 1.165) is 0 Å². The summed E-state index contributed by atoms with van der Waals surface area (Å²) in [6, 6.07) is 19.1.